The number of rotatable bonds is 7. The molecule has 27 heavy (non-hydrogen) atoms. The van der Waals surface area contributed by atoms with Crippen LogP contribution in [0.3, 0.4) is 0 Å². The lowest BCUT2D eigenvalue weighted by Crippen LogP contribution is -2.14. The molecule has 0 saturated carbocycles. The molecule has 0 saturated heterocycles. The highest BCUT2D eigenvalue weighted by atomic mass is 16.6. The van der Waals surface area contributed by atoms with Crippen molar-refractivity contribution in [1.29, 1.82) is 0 Å². The Morgan fingerprint density at radius 2 is 2.15 bits per heavy atom. The van der Waals surface area contributed by atoms with Gasteiger partial charge in [-0.1, -0.05) is 0 Å². The molecule has 0 atom stereocenters. The van der Waals surface area contributed by atoms with Crippen LogP contribution >= 0.6 is 0 Å². The highest BCUT2D eigenvalue weighted by Gasteiger charge is 2.15. The molecule has 0 radical (unpaired) electrons. The van der Waals surface area contributed by atoms with Crippen molar-refractivity contribution in [3.8, 4) is 11.5 Å². The predicted molar refractivity (Wildman–Crippen MR) is 94.6 cm³/mol. The van der Waals surface area contributed by atoms with Crippen LogP contribution in [-0.4, -0.2) is 32.7 Å². The maximum Gasteiger partial charge on any atom is 0.276 e. The summed E-state index contributed by atoms with van der Waals surface area (Å²) in [5.41, 5.74) is 0.124. The van der Waals surface area contributed by atoms with Crippen LogP contribution in [-0.2, 0) is 11.5 Å². The summed E-state index contributed by atoms with van der Waals surface area (Å²) in [4.78, 5) is 26.9. The van der Waals surface area contributed by atoms with Crippen LogP contribution in [0, 0.1) is 10.1 Å². The molecule has 0 fully saturated rings. The molecule has 0 unspecified atom stereocenters. The highest BCUT2D eigenvalue weighted by molar-refractivity contribution is 6.03. The van der Waals surface area contributed by atoms with Gasteiger partial charge in [-0.2, -0.15) is 5.10 Å². The fraction of sp³-hybridized carbons (Fsp3) is 0.118. The summed E-state index contributed by atoms with van der Waals surface area (Å²) in [5.74, 6) is 0.0867. The standard InChI is InChI=1S/C17H15N5O5/c1-26-11-21-6-4-16(20-21)17(23)19-12-7-13(22(24)25)9-15(8-12)27-14-3-2-5-18-10-14/h2-10H,11H2,1H3,(H,19,23). The fourth-order valence-electron chi connectivity index (χ4n) is 2.25. The molecule has 1 N–H and O–H groups in total. The minimum absolute atomic E-state index is 0.147. The number of nitrogens with one attached hydrogen (secondary N) is 1. The van der Waals surface area contributed by atoms with E-state index in [0.717, 1.165) is 0 Å². The molecule has 138 valence electrons. The molecule has 3 rings (SSSR count). The van der Waals surface area contributed by atoms with Gasteiger partial charge in [-0.05, 0) is 18.2 Å². The first-order valence-corrected chi connectivity index (χ1v) is 7.76. The van der Waals surface area contributed by atoms with Crippen molar-refractivity contribution in [1.82, 2.24) is 14.8 Å². The second-order valence-corrected chi connectivity index (χ2v) is 5.38. The molecular formula is C17H15N5O5. The van der Waals surface area contributed by atoms with Crippen molar-refractivity contribution in [3.63, 3.8) is 0 Å². The number of carbonyl (C=O) groups excluding carboxylic acids is 1. The first kappa shape index (κ1) is 18.0. The maximum atomic E-state index is 12.3. The monoisotopic (exact) mass is 369 g/mol. The number of carbonyl (C=O) groups is 1. The number of pyridine rings is 1. The fourth-order valence-corrected chi connectivity index (χ4v) is 2.25. The largest absolute Gasteiger partial charge is 0.455 e. The van der Waals surface area contributed by atoms with E-state index in [1.165, 1.54) is 42.3 Å². The molecule has 10 heteroatoms. The number of nitro groups is 1. The third-order valence-corrected chi connectivity index (χ3v) is 3.36. The lowest BCUT2D eigenvalue weighted by atomic mass is 10.2. The average Bonchev–Trinajstić information content (AvgIpc) is 3.11. The molecule has 0 aliphatic rings. The van der Waals surface area contributed by atoms with Crippen LogP contribution in [0.4, 0.5) is 11.4 Å². The third kappa shape index (κ3) is 4.64. The SMILES string of the molecule is COCn1ccc(C(=O)Nc2cc(Oc3cccnc3)cc([N+](=O)[O-])c2)n1. The summed E-state index contributed by atoms with van der Waals surface area (Å²) < 4.78 is 11.9. The summed E-state index contributed by atoms with van der Waals surface area (Å²) in [6, 6.07) is 8.82. The quantitative estimate of drug-likeness (QED) is 0.502. The molecule has 2 heterocycles. The van der Waals surface area contributed by atoms with Gasteiger partial charge in [0.15, 0.2) is 5.69 Å². The summed E-state index contributed by atoms with van der Waals surface area (Å²) in [5, 5.41) is 17.8. The Morgan fingerprint density at radius 1 is 1.30 bits per heavy atom. The van der Waals surface area contributed by atoms with Gasteiger partial charge in [-0.15, -0.1) is 0 Å². The highest BCUT2D eigenvalue weighted by Crippen LogP contribution is 2.29. The molecule has 2 aromatic heterocycles. The molecule has 1 aromatic carbocycles. The van der Waals surface area contributed by atoms with E-state index in [4.69, 9.17) is 9.47 Å². The van der Waals surface area contributed by atoms with Crippen molar-refractivity contribution in [2.24, 2.45) is 0 Å². The van der Waals surface area contributed by atoms with Crippen molar-refractivity contribution in [2.75, 3.05) is 12.4 Å². The number of aromatic nitrogens is 3. The molecule has 0 aliphatic carbocycles. The number of hydrogen-bond acceptors (Lipinski definition) is 7. The zero-order valence-electron chi connectivity index (χ0n) is 14.2. The Hall–Kier alpha value is -3.79. The van der Waals surface area contributed by atoms with E-state index in [2.05, 4.69) is 15.4 Å². The second kappa shape index (κ2) is 8.06. The van der Waals surface area contributed by atoms with Crippen LogP contribution in [0.15, 0.2) is 55.0 Å². The number of anilines is 1. The average molecular weight is 369 g/mol. The number of nitro benzene ring substituents is 1. The number of nitrogens with zero attached hydrogens (tertiary/aromatic N) is 4. The van der Waals surface area contributed by atoms with E-state index in [1.54, 1.807) is 24.5 Å². The summed E-state index contributed by atoms with van der Waals surface area (Å²) in [7, 11) is 1.51. The van der Waals surface area contributed by atoms with E-state index in [-0.39, 0.29) is 29.5 Å². The van der Waals surface area contributed by atoms with Crippen molar-refractivity contribution in [3.05, 3.63) is 70.8 Å². The van der Waals surface area contributed by atoms with Gasteiger partial charge in [0.25, 0.3) is 11.6 Å². The van der Waals surface area contributed by atoms with Crippen LogP contribution < -0.4 is 10.1 Å². The lowest BCUT2D eigenvalue weighted by Gasteiger charge is -2.08. The topological polar surface area (TPSA) is 121 Å². The summed E-state index contributed by atoms with van der Waals surface area (Å²) in [6.07, 6.45) is 4.64. The molecule has 1 amide bonds. The summed E-state index contributed by atoms with van der Waals surface area (Å²) in [6.45, 7) is 0.202. The Morgan fingerprint density at radius 3 is 2.85 bits per heavy atom. The smallest absolute Gasteiger partial charge is 0.276 e. The van der Waals surface area contributed by atoms with Gasteiger partial charge in [0.05, 0.1) is 22.9 Å². The third-order valence-electron chi connectivity index (χ3n) is 3.36. The molecular weight excluding hydrogens is 354 g/mol. The van der Waals surface area contributed by atoms with Gasteiger partial charge >= 0.3 is 0 Å². The van der Waals surface area contributed by atoms with E-state index in [1.807, 2.05) is 0 Å². The van der Waals surface area contributed by atoms with Gasteiger partial charge in [-0.25, -0.2) is 4.68 Å². The Bertz CT molecular complexity index is 957. The maximum absolute atomic E-state index is 12.3. The molecule has 3 aromatic rings. The van der Waals surface area contributed by atoms with Crippen molar-refractivity contribution >= 4 is 17.3 Å². The van der Waals surface area contributed by atoms with E-state index < -0.39 is 10.8 Å². The van der Waals surface area contributed by atoms with Crippen LogP contribution in [0.2, 0.25) is 0 Å². The number of non-ortho nitro benzene ring substituents is 1. The number of ether oxygens (including phenoxy) is 2. The Balaban J connectivity index is 1.82. The number of amides is 1. The first-order chi connectivity index (χ1) is 13.0. The lowest BCUT2D eigenvalue weighted by molar-refractivity contribution is -0.384. The van der Waals surface area contributed by atoms with Crippen molar-refractivity contribution in [2.45, 2.75) is 6.73 Å². The predicted octanol–water partition coefficient (Wildman–Crippen LogP) is 2.83. The zero-order valence-corrected chi connectivity index (χ0v) is 14.2. The first-order valence-electron chi connectivity index (χ1n) is 7.76. The van der Waals surface area contributed by atoms with Crippen molar-refractivity contribution < 1.29 is 19.2 Å². The zero-order chi connectivity index (χ0) is 19.2. The van der Waals surface area contributed by atoms with Gasteiger partial charge in [0.2, 0.25) is 0 Å². The van der Waals surface area contributed by atoms with Gasteiger partial charge in [-0.3, -0.25) is 19.9 Å². The summed E-state index contributed by atoms with van der Waals surface area (Å²) >= 11 is 0. The number of benzene rings is 1. The van der Waals surface area contributed by atoms with E-state index in [9.17, 15) is 14.9 Å². The van der Waals surface area contributed by atoms with Crippen LogP contribution in [0.25, 0.3) is 0 Å². The number of hydrogen-bond donors (Lipinski definition) is 1. The van der Waals surface area contributed by atoms with Gasteiger partial charge in [0.1, 0.15) is 18.2 Å². The van der Waals surface area contributed by atoms with Gasteiger partial charge in [0, 0.05) is 31.6 Å². The van der Waals surface area contributed by atoms with Crippen LogP contribution in [0.1, 0.15) is 10.5 Å². The van der Waals surface area contributed by atoms with E-state index in [0.29, 0.717) is 5.75 Å². The number of methoxy groups -OCH3 is 1. The Kier molecular flexibility index (Phi) is 5.38. The Labute approximate surface area is 153 Å². The molecule has 10 nitrogen and oxygen atoms in total. The minimum atomic E-state index is -0.570. The normalized spacial score (nSPS) is 10.4. The van der Waals surface area contributed by atoms with Crippen LogP contribution in [0.5, 0.6) is 11.5 Å². The molecule has 0 aliphatic heterocycles. The molecule has 0 spiro atoms. The van der Waals surface area contributed by atoms with Gasteiger partial charge < -0.3 is 14.8 Å². The van der Waals surface area contributed by atoms with E-state index >= 15 is 0 Å². The minimum Gasteiger partial charge on any atom is -0.455 e. The second-order valence-electron chi connectivity index (χ2n) is 5.38. The molecule has 0 bridgehead atoms.